The Morgan fingerprint density at radius 1 is 0.731 bits per heavy atom. The van der Waals surface area contributed by atoms with Crippen molar-refractivity contribution >= 4 is 53.7 Å². The Morgan fingerprint density at radius 2 is 1.12 bits per heavy atom. The lowest BCUT2D eigenvalue weighted by Gasteiger charge is -2.20. The molecule has 140 valence electrons. The average Bonchev–Trinajstić information content (AvgIpc) is 2.81. The number of aromatic nitrogens is 1. The van der Waals surface area contributed by atoms with E-state index < -0.39 is 0 Å². The zero-order valence-corrected chi connectivity index (χ0v) is 20.1. The maximum absolute atomic E-state index is 3.89. The molecule has 3 aromatic rings. The van der Waals surface area contributed by atoms with Crippen LogP contribution in [0.15, 0.2) is 33.2 Å². The molecule has 0 unspecified atom stereocenters. The Hall–Kier alpha value is -0.800. The molecule has 26 heavy (non-hydrogen) atoms. The monoisotopic (exact) mass is 477 g/mol. The van der Waals surface area contributed by atoms with Gasteiger partial charge in [0.2, 0.25) is 0 Å². The van der Waals surface area contributed by atoms with Gasteiger partial charge in [-0.2, -0.15) is 0 Å². The van der Waals surface area contributed by atoms with E-state index in [0.717, 1.165) is 13.0 Å². The van der Waals surface area contributed by atoms with E-state index in [1.807, 2.05) is 0 Å². The molecule has 0 bridgehead atoms. The molecule has 0 aliphatic rings. The van der Waals surface area contributed by atoms with Gasteiger partial charge in [0.05, 0.1) is 11.0 Å². The van der Waals surface area contributed by atoms with E-state index in [-0.39, 0.29) is 10.8 Å². The van der Waals surface area contributed by atoms with Crippen molar-refractivity contribution in [2.75, 3.05) is 0 Å². The Labute approximate surface area is 174 Å². The van der Waals surface area contributed by atoms with Crippen LogP contribution in [0.4, 0.5) is 0 Å². The van der Waals surface area contributed by atoms with Crippen LogP contribution in [0.5, 0.6) is 0 Å². The summed E-state index contributed by atoms with van der Waals surface area (Å²) in [5.74, 6) is 0. The van der Waals surface area contributed by atoms with Gasteiger partial charge in [-0.1, -0.05) is 48.5 Å². The first-order valence-electron chi connectivity index (χ1n) is 9.41. The lowest BCUT2D eigenvalue weighted by atomic mass is 9.85. The summed E-state index contributed by atoms with van der Waals surface area (Å²) < 4.78 is 4.85. The summed E-state index contributed by atoms with van der Waals surface area (Å²) in [7, 11) is 0. The van der Waals surface area contributed by atoms with Crippen molar-refractivity contribution in [2.24, 2.45) is 0 Å². The van der Waals surface area contributed by atoms with Crippen LogP contribution < -0.4 is 0 Å². The molecule has 1 aromatic heterocycles. The fraction of sp³-hybridized carbons (Fsp3) is 0.478. The van der Waals surface area contributed by atoms with Gasteiger partial charge in [0, 0.05) is 26.3 Å². The van der Waals surface area contributed by atoms with Crippen LogP contribution in [0.1, 0.15) is 66.0 Å². The number of fused-ring (bicyclic) bond motifs is 3. The van der Waals surface area contributed by atoms with Gasteiger partial charge in [-0.05, 0) is 84.5 Å². The normalized spacial score (nSPS) is 13.1. The predicted molar refractivity (Wildman–Crippen MR) is 123 cm³/mol. The summed E-state index contributed by atoms with van der Waals surface area (Å²) in [6, 6.07) is 9.39. The molecule has 0 N–H and O–H groups in total. The quantitative estimate of drug-likeness (QED) is 0.348. The van der Waals surface area contributed by atoms with Crippen LogP contribution in [0.2, 0.25) is 0 Å². The molecule has 1 nitrogen and oxygen atoms in total. The van der Waals surface area contributed by atoms with E-state index in [4.69, 9.17) is 0 Å². The predicted octanol–water partition coefficient (Wildman–Crippen LogP) is 8.32. The first-order valence-corrected chi connectivity index (χ1v) is 11.0. The minimum Gasteiger partial charge on any atom is -0.339 e. The number of hydrogen-bond donors (Lipinski definition) is 0. The number of aryl methyl sites for hydroxylation is 1. The molecule has 3 rings (SSSR count). The van der Waals surface area contributed by atoms with Crippen LogP contribution >= 0.6 is 31.9 Å². The summed E-state index contributed by atoms with van der Waals surface area (Å²) in [5, 5.41) is 2.69. The third kappa shape index (κ3) is 3.38. The van der Waals surface area contributed by atoms with Gasteiger partial charge < -0.3 is 4.57 Å². The molecular weight excluding hydrogens is 450 g/mol. The molecule has 0 aliphatic carbocycles. The maximum atomic E-state index is 3.89. The number of hydrogen-bond acceptors (Lipinski definition) is 0. The molecular formula is C23H29Br2N. The van der Waals surface area contributed by atoms with Gasteiger partial charge in [-0.25, -0.2) is 0 Å². The van der Waals surface area contributed by atoms with Gasteiger partial charge in [0.1, 0.15) is 0 Å². The van der Waals surface area contributed by atoms with Crippen molar-refractivity contribution in [1.82, 2.24) is 4.57 Å². The fourth-order valence-electron chi connectivity index (χ4n) is 3.58. The van der Waals surface area contributed by atoms with Crippen LogP contribution in [0.3, 0.4) is 0 Å². The Kier molecular flexibility index (Phi) is 5.12. The standard InChI is InChI=1S/C23H29Br2N/c1-8-9-26-20-16(10-14(12-18(20)24)22(2,3)4)17-11-15(23(5,6)7)13-19(25)21(17)26/h10-13H,8-9H2,1-7H3. The Morgan fingerprint density at radius 3 is 1.42 bits per heavy atom. The highest BCUT2D eigenvalue weighted by Crippen LogP contribution is 2.42. The Balaban J connectivity index is 2.52. The first-order chi connectivity index (χ1) is 11.9. The van der Waals surface area contributed by atoms with E-state index in [9.17, 15) is 0 Å². The molecule has 0 atom stereocenters. The summed E-state index contributed by atoms with van der Waals surface area (Å²) in [5.41, 5.74) is 5.58. The van der Waals surface area contributed by atoms with Gasteiger partial charge in [0.25, 0.3) is 0 Å². The van der Waals surface area contributed by atoms with Crippen molar-refractivity contribution in [3.8, 4) is 0 Å². The van der Waals surface area contributed by atoms with E-state index >= 15 is 0 Å². The number of benzene rings is 2. The molecule has 0 fully saturated rings. The Bertz CT molecular complexity index is 904. The first kappa shape index (κ1) is 19.9. The largest absolute Gasteiger partial charge is 0.339 e. The van der Waals surface area contributed by atoms with Crippen molar-refractivity contribution in [3.05, 3.63) is 44.3 Å². The van der Waals surface area contributed by atoms with Crippen LogP contribution in [0.25, 0.3) is 21.8 Å². The molecule has 0 spiro atoms. The van der Waals surface area contributed by atoms with Crippen molar-refractivity contribution in [1.29, 1.82) is 0 Å². The van der Waals surface area contributed by atoms with Gasteiger partial charge in [-0.15, -0.1) is 0 Å². The topological polar surface area (TPSA) is 4.93 Å². The van der Waals surface area contributed by atoms with E-state index in [1.165, 1.54) is 41.9 Å². The third-order valence-corrected chi connectivity index (χ3v) is 6.35. The molecule has 0 amide bonds. The molecule has 0 aliphatic heterocycles. The maximum Gasteiger partial charge on any atom is 0.0636 e. The van der Waals surface area contributed by atoms with Crippen molar-refractivity contribution in [2.45, 2.75) is 72.3 Å². The zero-order valence-electron chi connectivity index (χ0n) is 16.9. The van der Waals surface area contributed by atoms with Gasteiger partial charge in [0.15, 0.2) is 0 Å². The molecule has 0 radical (unpaired) electrons. The summed E-state index contributed by atoms with van der Waals surface area (Å²) in [4.78, 5) is 0. The highest BCUT2D eigenvalue weighted by atomic mass is 79.9. The second kappa shape index (κ2) is 6.67. The van der Waals surface area contributed by atoms with Gasteiger partial charge >= 0.3 is 0 Å². The summed E-state index contributed by atoms with van der Waals surface area (Å²) in [6.45, 7) is 16.9. The van der Waals surface area contributed by atoms with Crippen LogP contribution in [-0.4, -0.2) is 4.57 Å². The highest BCUT2D eigenvalue weighted by molar-refractivity contribution is 9.11. The van der Waals surface area contributed by atoms with Gasteiger partial charge in [-0.3, -0.25) is 0 Å². The van der Waals surface area contributed by atoms with E-state index in [2.05, 4.69) is 109 Å². The smallest absolute Gasteiger partial charge is 0.0636 e. The second-order valence-electron chi connectivity index (χ2n) is 9.36. The molecule has 3 heteroatoms. The number of rotatable bonds is 2. The highest BCUT2D eigenvalue weighted by Gasteiger charge is 2.23. The molecule has 0 saturated carbocycles. The van der Waals surface area contributed by atoms with Crippen molar-refractivity contribution < 1.29 is 0 Å². The summed E-state index contributed by atoms with van der Waals surface area (Å²) in [6.07, 6.45) is 1.11. The second-order valence-corrected chi connectivity index (χ2v) is 11.1. The average molecular weight is 479 g/mol. The SMILES string of the molecule is CCCn1c2c(Br)cc(C(C)(C)C)cc2c2cc(C(C)(C)C)cc(Br)c21. The molecule has 0 saturated heterocycles. The van der Waals surface area contributed by atoms with Crippen LogP contribution in [-0.2, 0) is 17.4 Å². The zero-order chi connectivity index (χ0) is 19.4. The number of halogens is 2. The fourth-order valence-corrected chi connectivity index (χ4v) is 4.93. The minimum absolute atomic E-state index is 0.120. The third-order valence-electron chi connectivity index (χ3n) is 5.14. The lowest BCUT2D eigenvalue weighted by Crippen LogP contribution is -2.11. The van der Waals surface area contributed by atoms with Crippen molar-refractivity contribution in [3.63, 3.8) is 0 Å². The molecule has 1 heterocycles. The minimum atomic E-state index is 0.120. The summed E-state index contributed by atoms with van der Waals surface area (Å²) >= 11 is 7.77. The van der Waals surface area contributed by atoms with E-state index in [0.29, 0.717) is 0 Å². The molecule has 2 aromatic carbocycles. The lowest BCUT2D eigenvalue weighted by molar-refractivity contribution is 0.590. The van der Waals surface area contributed by atoms with Crippen LogP contribution in [0, 0.1) is 0 Å². The number of nitrogens with zero attached hydrogens (tertiary/aromatic N) is 1. The van der Waals surface area contributed by atoms with E-state index in [1.54, 1.807) is 0 Å².